The van der Waals surface area contributed by atoms with Gasteiger partial charge < -0.3 is 19.8 Å². The molecule has 94 valence electrons. The maximum absolute atomic E-state index is 5.24. The number of rotatable bonds is 4. The van der Waals surface area contributed by atoms with Crippen molar-refractivity contribution in [1.82, 2.24) is 10.6 Å². The molecule has 0 atom stereocenters. The molecule has 1 fully saturated rings. The van der Waals surface area contributed by atoms with Gasteiger partial charge in [0.15, 0.2) is 5.96 Å². The highest BCUT2D eigenvalue weighted by Crippen LogP contribution is 2.24. The summed E-state index contributed by atoms with van der Waals surface area (Å²) in [6, 6.07) is 3.81. The van der Waals surface area contributed by atoms with Crippen LogP contribution in [-0.2, 0) is 11.3 Å². The van der Waals surface area contributed by atoms with Crippen LogP contribution in [0.15, 0.2) is 27.8 Å². The summed E-state index contributed by atoms with van der Waals surface area (Å²) < 4.78 is 10.4. The standard InChI is InChI=1S/C12H19N3O2/c1-12(8-16-9-12)7-15-11(13-2)14-6-10-4-3-5-17-10/h3-5H,6-9H2,1-2H3,(H2,13,14,15). The highest BCUT2D eigenvalue weighted by Gasteiger charge is 2.33. The van der Waals surface area contributed by atoms with Crippen LogP contribution in [-0.4, -0.2) is 32.8 Å². The van der Waals surface area contributed by atoms with E-state index in [4.69, 9.17) is 9.15 Å². The Bertz CT molecular complexity index is 369. The smallest absolute Gasteiger partial charge is 0.191 e. The van der Waals surface area contributed by atoms with Crippen molar-refractivity contribution in [3.63, 3.8) is 0 Å². The Labute approximate surface area is 101 Å². The molecule has 5 nitrogen and oxygen atoms in total. The predicted octanol–water partition coefficient (Wildman–Crippen LogP) is 0.981. The quantitative estimate of drug-likeness (QED) is 0.605. The summed E-state index contributed by atoms with van der Waals surface area (Å²) in [5.74, 6) is 1.68. The average molecular weight is 237 g/mol. The number of ether oxygens (including phenoxy) is 1. The van der Waals surface area contributed by atoms with E-state index < -0.39 is 0 Å². The van der Waals surface area contributed by atoms with Gasteiger partial charge in [0, 0.05) is 19.0 Å². The SMILES string of the molecule is CN=C(NCc1ccco1)NCC1(C)COC1. The van der Waals surface area contributed by atoms with Gasteiger partial charge in [-0.1, -0.05) is 6.92 Å². The van der Waals surface area contributed by atoms with Gasteiger partial charge in [0.25, 0.3) is 0 Å². The van der Waals surface area contributed by atoms with Crippen LogP contribution >= 0.6 is 0 Å². The van der Waals surface area contributed by atoms with Crippen LogP contribution in [0.3, 0.4) is 0 Å². The Kier molecular flexibility index (Phi) is 3.68. The van der Waals surface area contributed by atoms with Crippen molar-refractivity contribution in [1.29, 1.82) is 0 Å². The molecule has 17 heavy (non-hydrogen) atoms. The topological polar surface area (TPSA) is 58.8 Å². The molecule has 1 aliphatic heterocycles. The molecule has 1 saturated heterocycles. The summed E-state index contributed by atoms with van der Waals surface area (Å²) >= 11 is 0. The largest absolute Gasteiger partial charge is 0.467 e. The second-order valence-electron chi connectivity index (χ2n) is 4.66. The molecule has 0 spiro atoms. The monoisotopic (exact) mass is 237 g/mol. The van der Waals surface area contributed by atoms with E-state index in [2.05, 4.69) is 22.5 Å². The number of nitrogens with one attached hydrogen (secondary N) is 2. The van der Waals surface area contributed by atoms with Gasteiger partial charge in [-0.3, -0.25) is 4.99 Å². The van der Waals surface area contributed by atoms with Gasteiger partial charge >= 0.3 is 0 Å². The molecule has 5 heteroatoms. The number of nitrogens with zero attached hydrogens (tertiary/aromatic N) is 1. The van der Waals surface area contributed by atoms with E-state index in [9.17, 15) is 0 Å². The summed E-state index contributed by atoms with van der Waals surface area (Å²) in [6.45, 7) is 5.33. The van der Waals surface area contributed by atoms with Gasteiger partial charge in [0.05, 0.1) is 26.0 Å². The van der Waals surface area contributed by atoms with Crippen LogP contribution in [0.5, 0.6) is 0 Å². The molecule has 2 N–H and O–H groups in total. The van der Waals surface area contributed by atoms with E-state index in [0.717, 1.165) is 31.5 Å². The minimum atomic E-state index is 0.238. The van der Waals surface area contributed by atoms with Crippen molar-refractivity contribution < 1.29 is 9.15 Å². The number of furan rings is 1. The fourth-order valence-corrected chi connectivity index (χ4v) is 1.65. The average Bonchev–Trinajstić information content (AvgIpc) is 2.80. The lowest BCUT2D eigenvalue weighted by molar-refractivity contribution is -0.0971. The van der Waals surface area contributed by atoms with Crippen LogP contribution in [0.1, 0.15) is 12.7 Å². The molecule has 2 rings (SSSR count). The van der Waals surface area contributed by atoms with Crippen LogP contribution in [0.2, 0.25) is 0 Å². The summed E-state index contributed by atoms with van der Waals surface area (Å²) in [5, 5.41) is 6.49. The van der Waals surface area contributed by atoms with Gasteiger partial charge in [-0.25, -0.2) is 0 Å². The van der Waals surface area contributed by atoms with Crippen molar-refractivity contribution in [3.8, 4) is 0 Å². The Hall–Kier alpha value is -1.49. The molecular weight excluding hydrogens is 218 g/mol. The highest BCUT2D eigenvalue weighted by atomic mass is 16.5. The van der Waals surface area contributed by atoms with Crippen molar-refractivity contribution in [2.75, 3.05) is 26.8 Å². The van der Waals surface area contributed by atoms with Gasteiger partial charge in [-0.05, 0) is 12.1 Å². The second kappa shape index (κ2) is 5.23. The molecule has 0 saturated carbocycles. The van der Waals surface area contributed by atoms with Crippen LogP contribution in [0.4, 0.5) is 0 Å². The highest BCUT2D eigenvalue weighted by molar-refractivity contribution is 5.79. The first-order chi connectivity index (χ1) is 8.22. The summed E-state index contributed by atoms with van der Waals surface area (Å²) in [4.78, 5) is 4.16. The second-order valence-corrected chi connectivity index (χ2v) is 4.66. The predicted molar refractivity (Wildman–Crippen MR) is 65.8 cm³/mol. The number of aliphatic imine (C=N–C) groups is 1. The number of hydrogen-bond acceptors (Lipinski definition) is 3. The lowest BCUT2D eigenvalue weighted by Crippen LogP contribution is -2.50. The molecule has 1 aromatic rings. The van der Waals surface area contributed by atoms with Gasteiger partial charge in [0.2, 0.25) is 0 Å². The molecule has 0 unspecified atom stereocenters. The van der Waals surface area contributed by atoms with Gasteiger partial charge in [-0.15, -0.1) is 0 Å². The molecule has 0 radical (unpaired) electrons. The number of guanidine groups is 1. The van der Waals surface area contributed by atoms with Crippen LogP contribution in [0, 0.1) is 5.41 Å². The molecule has 2 heterocycles. The number of hydrogen-bond donors (Lipinski definition) is 2. The summed E-state index contributed by atoms with van der Waals surface area (Å²) in [5.41, 5.74) is 0.238. The van der Waals surface area contributed by atoms with E-state index in [1.165, 1.54) is 0 Å². The molecule has 0 bridgehead atoms. The van der Waals surface area contributed by atoms with Crippen molar-refractivity contribution >= 4 is 5.96 Å². The minimum absolute atomic E-state index is 0.238. The maximum atomic E-state index is 5.24. The Morgan fingerprint density at radius 1 is 1.47 bits per heavy atom. The minimum Gasteiger partial charge on any atom is -0.467 e. The third kappa shape index (κ3) is 3.23. The zero-order valence-electron chi connectivity index (χ0n) is 10.3. The van der Waals surface area contributed by atoms with Gasteiger partial charge in [-0.2, -0.15) is 0 Å². The van der Waals surface area contributed by atoms with Crippen molar-refractivity contribution in [2.45, 2.75) is 13.5 Å². The molecule has 0 amide bonds. The zero-order valence-corrected chi connectivity index (χ0v) is 10.3. The molecular formula is C12H19N3O2. The summed E-state index contributed by atoms with van der Waals surface area (Å²) in [6.07, 6.45) is 1.67. The lowest BCUT2D eigenvalue weighted by Gasteiger charge is -2.38. The Morgan fingerprint density at radius 3 is 2.82 bits per heavy atom. The maximum Gasteiger partial charge on any atom is 0.191 e. The fourth-order valence-electron chi connectivity index (χ4n) is 1.65. The Morgan fingerprint density at radius 2 is 2.29 bits per heavy atom. The van der Waals surface area contributed by atoms with E-state index in [0.29, 0.717) is 6.54 Å². The molecule has 1 aliphatic rings. The molecule has 1 aromatic heterocycles. The first kappa shape index (κ1) is 12.0. The molecule has 0 aromatic carbocycles. The van der Waals surface area contributed by atoms with E-state index in [-0.39, 0.29) is 5.41 Å². The van der Waals surface area contributed by atoms with Crippen molar-refractivity contribution in [3.05, 3.63) is 24.2 Å². The van der Waals surface area contributed by atoms with Crippen molar-refractivity contribution in [2.24, 2.45) is 10.4 Å². The Balaban J connectivity index is 1.73. The lowest BCUT2D eigenvalue weighted by atomic mass is 9.89. The molecule has 0 aliphatic carbocycles. The normalized spacial score (nSPS) is 18.6. The summed E-state index contributed by atoms with van der Waals surface area (Å²) in [7, 11) is 1.76. The van der Waals surface area contributed by atoms with E-state index in [1.54, 1.807) is 13.3 Å². The first-order valence-corrected chi connectivity index (χ1v) is 5.76. The third-order valence-corrected chi connectivity index (χ3v) is 2.82. The van der Waals surface area contributed by atoms with E-state index >= 15 is 0 Å². The van der Waals surface area contributed by atoms with Crippen LogP contribution in [0.25, 0.3) is 0 Å². The van der Waals surface area contributed by atoms with E-state index in [1.807, 2.05) is 12.1 Å². The zero-order chi connectivity index (χ0) is 12.1. The fraction of sp³-hybridized carbons (Fsp3) is 0.583. The van der Waals surface area contributed by atoms with Crippen LogP contribution < -0.4 is 10.6 Å². The van der Waals surface area contributed by atoms with Gasteiger partial charge in [0.1, 0.15) is 5.76 Å². The third-order valence-electron chi connectivity index (χ3n) is 2.82. The first-order valence-electron chi connectivity index (χ1n) is 5.76.